The number of nitrogens with zero attached hydrogens (tertiary/aromatic N) is 4. The summed E-state index contributed by atoms with van der Waals surface area (Å²) in [6, 6.07) is 8.98. The summed E-state index contributed by atoms with van der Waals surface area (Å²) in [5.41, 5.74) is 8.22. The van der Waals surface area contributed by atoms with E-state index in [0.717, 1.165) is 26.4 Å². The van der Waals surface area contributed by atoms with Gasteiger partial charge in [-0.3, -0.25) is 0 Å². The average molecular weight is 355 g/mol. The van der Waals surface area contributed by atoms with Gasteiger partial charge in [0.15, 0.2) is 0 Å². The molecule has 0 aliphatic rings. The Morgan fingerprint density at radius 2 is 2.04 bits per heavy atom. The number of thiazole rings is 1. The van der Waals surface area contributed by atoms with Gasteiger partial charge in [0.25, 0.3) is 0 Å². The lowest BCUT2D eigenvalue weighted by atomic mass is 10.1. The summed E-state index contributed by atoms with van der Waals surface area (Å²) in [6.45, 7) is 2.19. The first-order valence-electron chi connectivity index (χ1n) is 7.69. The zero-order valence-electron chi connectivity index (χ0n) is 13.3. The number of fused-ring (bicyclic) bond motifs is 1. The number of benzene rings is 1. The van der Waals surface area contributed by atoms with Gasteiger partial charge in [0.2, 0.25) is 17.7 Å². The molecule has 4 aromatic rings. The van der Waals surface area contributed by atoms with Crippen molar-refractivity contribution in [2.75, 3.05) is 0 Å². The van der Waals surface area contributed by atoms with Crippen molar-refractivity contribution < 1.29 is 8.81 Å². The Bertz CT molecular complexity index is 1030. The van der Waals surface area contributed by atoms with Crippen molar-refractivity contribution in [2.45, 2.75) is 19.4 Å². The van der Waals surface area contributed by atoms with Gasteiger partial charge in [0.1, 0.15) is 5.01 Å². The van der Waals surface area contributed by atoms with Crippen LogP contribution in [0.15, 0.2) is 40.9 Å². The van der Waals surface area contributed by atoms with Crippen molar-refractivity contribution in [2.24, 2.45) is 5.73 Å². The summed E-state index contributed by atoms with van der Waals surface area (Å²) < 4.78 is 19.5. The van der Waals surface area contributed by atoms with E-state index < -0.39 is 5.95 Å². The highest BCUT2D eigenvalue weighted by atomic mass is 32.1. The molecule has 0 bridgehead atoms. The molecule has 8 heteroatoms. The SMILES string of the molecule is CC(c1nnc(CN)o1)c1nc2ccc(-c3ccc(F)nc3)cc2s1. The Kier molecular flexibility index (Phi) is 3.98. The van der Waals surface area contributed by atoms with Crippen molar-refractivity contribution >= 4 is 21.6 Å². The van der Waals surface area contributed by atoms with Crippen LogP contribution in [0.2, 0.25) is 0 Å². The Labute approximate surface area is 146 Å². The van der Waals surface area contributed by atoms with Crippen LogP contribution in [-0.2, 0) is 6.54 Å². The van der Waals surface area contributed by atoms with Crippen LogP contribution in [0.25, 0.3) is 21.3 Å². The van der Waals surface area contributed by atoms with Gasteiger partial charge in [0.05, 0.1) is 22.7 Å². The maximum absolute atomic E-state index is 13.0. The number of halogens is 1. The first-order valence-corrected chi connectivity index (χ1v) is 8.50. The third kappa shape index (κ3) is 3.01. The molecule has 25 heavy (non-hydrogen) atoms. The summed E-state index contributed by atoms with van der Waals surface area (Å²) in [7, 11) is 0. The zero-order valence-corrected chi connectivity index (χ0v) is 14.1. The van der Waals surface area contributed by atoms with E-state index in [2.05, 4.69) is 20.2 Å². The van der Waals surface area contributed by atoms with Crippen LogP contribution in [0.5, 0.6) is 0 Å². The van der Waals surface area contributed by atoms with Crippen LogP contribution in [0.4, 0.5) is 4.39 Å². The van der Waals surface area contributed by atoms with E-state index in [1.165, 1.54) is 12.3 Å². The molecule has 0 radical (unpaired) electrons. The Morgan fingerprint density at radius 3 is 2.76 bits per heavy atom. The van der Waals surface area contributed by atoms with Gasteiger partial charge in [-0.1, -0.05) is 6.07 Å². The fourth-order valence-electron chi connectivity index (χ4n) is 2.48. The molecule has 0 fully saturated rings. The minimum atomic E-state index is -0.491. The third-order valence-electron chi connectivity index (χ3n) is 3.86. The molecule has 4 rings (SSSR count). The van der Waals surface area contributed by atoms with E-state index in [1.807, 2.05) is 25.1 Å². The second-order valence-corrected chi connectivity index (χ2v) is 6.63. The van der Waals surface area contributed by atoms with Crippen molar-refractivity contribution in [1.82, 2.24) is 20.2 Å². The van der Waals surface area contributed by atoms with E-state index in [0.29, 0.717) is 11.8 Å². The number of rotatable bonds is 4. The minimum Gasteiger partial charge on any atom is -0.423 e. The van der Waals surface area contributed by atoms with E-state index >= 15 is 0 Å². The number of pyridine rings is 1. The molecule has 0 spiro atoms. The molecule has 0 aliphatic heterocycles. The van der Waals surface area contributed by atoms with Gasteiger partial charge in [0, 0.05) is 11.8 Å². The molecule has 126 valence electrons. The lowest BCUT2D eigenvalue weighted by Crippen LogP contribution is -1.96. The fourth-order valence-corrected chi connectivity index (χ4v) is 3.53. The average Bonchev–Trinajstić information content (AvgIpc) is 3.28. The first kappa shape index (κ1) is 15.8. The maximum Gasteiger partial charge on any atom is 0.230 e. The molecule has 3 aromatic heterocycles. The number of hydrogen-bond acceptors (Lipinski definition) is 7. The second-order valence-electron chi connectivity index (χ2n) is 5.56. The molecule has 0 amide bonds. The van der Waals surface area contributed by atoms with Gasteiger partial charge in [-0.15, -0.1) is 21.5 Å². The molecule has 2 N–H and O–H groups in total. The highest BCUT2D eigenvalue weighted by Gasteiger charge is 2.19. The summed E-state index contributed by atoms with van der Waals surface area (Å²) in [4.78, 5) is 8.36. The predicted octanol–water partition coefficient (Wildman–Crippen LogP) is 3.49. The Hall–Kier alpha value is -2.71. The van der Waals surface area contributed by atoms with Gasteiger partial charge in [-0.05, 0) is 36.8 Å². The van der Waals surface area contributed by atoms with Gasteiger partial charge < -0.3 is 10.2 Å². The van der Waals surface area contributed by atoms with E-state index in [-0.39, 0.29) is 12.5 Å². The highest BCUT2D eigenvalue weighted by Crippen LogP contribution is 2.33. The van der Waals surface area contributed by atoms with E-state index in [4.69, 9.17) is 10.2 Å². The summed E-state index contributed by atoms with van der Waals surface area (Å²) in [6.07, 6.45) is 1.52. The van der Waals surface area contributed by atoms with Crippen LogP contribution in [-0.4, -0.2) is 20.2 Å². The molecule has 0 saturated heterocycles. The third-order valence-corrected chi connectivity index (χ3v) is 5.06. The lowest BCUT2D eigenvalue weighted by Gasteiger charge is -2.00. The normalized spacial score (nSPS) is 12.6. The zero-order chi connectivity index (χ0) is 17.4. The molecule has 1 unspecified atom stereocenters. The summed E-state index contributed by atoms with van der Waals surface area (Å²) >= 11 is 1.56. The van der Waals surface area contributed by atoms with Gasteiger partial charge >= 0.3 is 0 Å². The van der Waals surface area contributed by atoms with Gasteiger partial charge in [-0.2, -0.15) is 4.39 Å². The predicted molar refractivity (Wildman–Crippen MR) is 92.5 cm³/mol. The number of nitrogens with two attached hydrogens (primary N) is 1. The molecular weight excluding hydrogens is 341 g/mol. The Morgan fingerprint density at radius 1 is 1.20 bits per heavy atom. The van der Waals surface area contributed by atoms with E-state index in [9.17, 15) is 4.39 Å². The van der Waals surface area contributed by atoms with Crippen molar-refractivity contribution in [1.29, 1.82) is 0 Å². The molecule has 1 atom stereocenters. The van der Waals surface area contributed by atoms with Crippen LogP contribution < -0.4 is 5.73 Å². The standard InChI is InChI=1S/C17H14FN5OS/c1-9(16-23-22-15(7-19)24-16)17-21-12-4-2-10(6-13(12)25-17)11-3-5-14(18)20-8-11/h2-6,8-9H,7,19H2,1H3. The minimum absolute atomic E-state index is 0.110. The monoisotopic (exact) mass is 355 g/mol. The number of hydrogen-bond donors (Lipinski definition) is 1. The molecule has 0 aliphatic carbocycles. The topological polar surface area (TPSA) is 90.7 Å². The quantitative estimate of drug-likeness (QED) is 0.564. The summed E-state index contributed by atoms with van der Waals surface area (Å²) in [5.74, 6) is 0.313. The molecule has 6 nitrogen and oxygen atoms in total. The lowest BCUT2D eigenvalue weighted by molar-refractivity contribution is 0.440. The van der Waals surface area contributed by atoms with Crippen LogP contribution in [0.3, 0.4) is 0 Å². The summed E-state index contributed by atoms with van der Waals surface area (Å²) in [5, 5.41) is 8.81. The maximum atomic E-state index is 13.0. The first-order chi connectivity index (χ1) is 12.1. The van der Waals surface area contributed by atoms with Crippen LogP contribution in [0, 0.1) is 5.95 Å². The highest BCUT2D eigenvalue weighted by molar-refractivity contribution is 7.18. The molecular formula is C17H14FN5OS. The van der Waals surface area contributed by atoms with E-state index in [1.54, 1.807) is 17.4 Å². The molecule has 3 heterocycles. The Balaban J connectivity index is 1.69. The van der Waals surface area contributed by atoms with Crippen molar-refractivity contribution in [3.63, 3.8) is 0 Å². The largest absolute Gasteiger partial charge is 0.423 e. The molecule has 0 saturated carbocycles. The smallest absolute Gasteiger partial charge is 0.230 e. The van der Waals surface area contributed by atoms with Crippen LogP contribution >= 0.6 is 11.3 Å². The van der Waals surface area contributed by atoms with Crippen molar-refractivity contribution in [3.05, 3.63) is 59.3 Å². The van der Waals surface area contributed by atoms with Gasteiger partial charge in [-0.25, -0.2) is 9.97 Å². The van der Waals surface area contributed by atoms with Crippen molar-refractivity contribution in [3.8, 4) is 11.1 Å². The molecule has 1 aromatic carbocycles. The van der Waals surface area contributed by atoms with Crippen LogP contribution in [0.1, 0.15) is 29.6 Å². The fraction of sp³-hybridized carbons (Fsp3) is 0.176. The second kappa shape index (κ2) is 6.30. The number of aromatic nitrogens is 4.